The molecule has 0 fully saturated rings. The largest absolute Gasteiger partial charge is 0.382 e. The van der Waals surface area contributed by atoms with Crippen LogP contribution in [0.2, 0.25) is 0 Å². The monoisotopic (exact) mass is 346 g/mol. The van der Waals surface area contributed by atoms with E-state index in [2.05, 4.69) is 15.1 Å². The summed E-state index contributed by atoms with van der Waals surface area (Å²) in [6, 6.07) is 5.90. The van der Waals surface area contributed by atoms with Crippen LogP contribution in [-0.4, -0.2) is 24.9 Å². The smallest absolute Gasteiger partial charge is 0.247 e. The molecule has 0 aliphatic carbocycles. The van der Waals surface area contributed by atoms with E-state index in [0.29, 0.717) is 5.56 Å². The fraction of sp³-hybridized carbons (Fsp3) is 0.235. The number of rotatable bonds is 5. The van der Waals surface area contributed by atoms with Crippen molar-refractivity contribution in [3.63, 3.8) is 0 Å². The van der Waals surface area contributed by atoms with Gasteiger partial charge in [0.05, 0.1) is 6.54 Å². The van der Waals surface area contributed by atoms with E-state index >= 15 is 0 Å². The predicted molar refractivity (Wildman–Crippen MR) is 85.8 cm³/mol. The first-order valence-electron chi connectivity index (χ1n) is 7.59. The zero-order chi connectivity index (χ0) is 18.0. The van der Waals surface area contributed by atoms with Crippen molar-refractivity contribution in [1.29, 1.82) is 0 Å². The van der Waals surface area contributed by atoms with Crippen molar-refractivity contribution in [1.82, 2.24) is 19.7 Å². The van der Waals surface area contributed by atoms with Gasteiger partial charge >= 0.3 is 0 Å². The number of hydrogen-bond donors (Lipinski definition) is 2. The van der Waals surface area contributed by atoms with Crippen molar-refractivity contribution in [2.45, 2.75) is 25.0 Å². The first-order valence-corrected chi connectivity index (χ1v) is 7.59. The molecule has 1 aromatic carbocycles. The third kappa shape index (κ3) is 3.34. The molecule has 3 aromatic rings. The third-order valence-corrected chi connectivity index (χ3v) is 4.29. The van der Waals surface area contributed by atoms with E-state index < -0.39 is 23.2 Å². The summed E-state index contributed by atoms with van der Waals surface area (Å²) in [4.78, 5) is 17.6. The van der Waals surface area contributed by atoms with Crippen LogP contribution in [0.1, 0.15) is 24.0 Å². The first kappa shape index (κ1) is 17.0. The highest BCUT2D eigenvalue weighted by Gasteiger charge is 2.40. The number of hydrogen-bond acceptors (Lipinski definition) is 4. The molecule has 0 aliphatic rings. The minimum Gasteiger partial charge on any atom is -0.382 e. The Morgan fingerprint density at radius 2 is 2.12 bits per heavy atom. The lowest BCUT2D eigenvalue weighted by atomic mass is 9.78. The summed E-state index contributed by atoms with van der Waals surface area (Å²) in [7, 11) is 0. The van der Waals surface area contributed by atoms with Crippen molar-refractivity contribution in [2.75, 3.05) is 0 Å². The Morgan fingerprint density at radius 3 is 2.72 bits per heavy atom. The standard InChI is InChI=1S/C17H16F2N4O2/c1-11(12-2-5-16(24)21-7-12)17(25,8-23-10-20-9-22-23)14-4-3-13(18)6-15(14)19/h2-7,9-11,25H,8H2,1H3,(H,21,24). The van der Waals surface area contributed by atoms with E-state index in [-0.39, 0.29) is 17.7 Å². The molecular formula is C17H16F2N4O2. The average molecular weight is 346 g/mol. The Bertz CT molecular complexity index is 906. The molecule has 0 saturated heterocycles. The zero-order valence-corrected chi connectivity index (χ0v) is 13.4. The Kier molecular flexibility index (Phi) is 4.45. The van der Waals surface area contributed by atoms with Gasteiger partial charge in [0.2, 0.25) is 5.56 Å². The van der Waals surface area contributed by atoms with Crippen molar-refractivity contribution in [2.24, 2.45) is 0 Å². The van der Waals surface area contributed by atoms with Crippen LogP contribution in [0.3, 0.4) is 0 Å². The summed E-state index contributed by atoms with van der Waals surface area (Å²) < 4.78 is 29.1. The molecule has 0 bridgehead atoms. The summed E-state index contributed by atoms with van der Waals surface area (Å²) in [6.07, 6.45) is 4.15. The van der Waals surface area contributed by atoms with Gasteiger partial charge in [-0.1, -0.05) is 19.1 Å². The topological polar surface area (TPSA) is 83.8 Å². The molecule has 130 valence electrons. The summed E-state index contributed by atoms with van der Waals surface area (Å²) in [5, 5.41) is 15.3. The molecule has 6 nitrogen and oxygen atoms in total. The van der Waals surface area contributed by atoms with Crippen LogP contribution < -0.4 is 5.56 Å². The Hall–Kier alpha value is -2.87. The molecular weight excluding hydrogens is 330 g/mol. The van der Waals surface area contributed by atoms with E-state index in [4.69, 9.17) is 0 Å². The molecule has 0 spiro atoms. The molecule has 2 atom stereocenters. The van der Waals surface area contributed by atoms with Gasteiger partial charge in [-0.2, -0.15) is 5.10 Å². The van der Waals surface area contributed by atoms with Gasteiger partial charge in [-0.05, 0) is 11.6 Å². The van der Waals surface area contributed by atoms with Crippen LogP contribution >= 0.6 is 0 Å². The van der Waals surface area contributed by atoms with Crippen molar-refractivity contribution in [3.8, 4) is 0 Å². The highest BCUT2D eigenvalue weighted by atomic mass is 19.1. The number of benzene rings is 1. The van der Waals surface area contributed by atoms with Gasteiger partial charge in [-0.15, -0.1) is 0 Å². The number of H-pyrrole nitrogens is 1. The maximum atomic E-state index is 14.4. The molecule has 2 aromatic heterocycles. The lowest BCUT2D eigenvalue weighted by Gasteiger charge is -2.35. The zero-order valence-electron chi connectivity index (χ0n) is 13.4. The number of aliphatic hydroxyl groups is 1. The first-order chi connectivity index (χ1) is 11.9. The molecule has 2 unspecified atom stereocenters. The normalized spacial score (nSPS) is 14.9. The lowest BCUT2D eigenvalue weighted by molar-refractivity contribution is -0.0113. The van der Waals surface area contributed by atoms with Crippen molar-refractivity contribution < 1.29 is 13.9 Å². The van der Waals surface area contributed by atoms with Gasteiger partial charge in [0.15, 0.2) is 0 Å². The van der Waals surface area contributed by atoms with E-state index in [1.165, 1.54) is 35.7 Å². The van der Waals surface area contributed by atoms with Gasteiger partial charge in [0.25, 0.3) is 0 Å². The van der Waals surface area contributed by atoms with Crippen LogP contribution in [0.5, 0.6) is 0 Å². The molecule has 0 amide bonds. The van der Waals surface area contributed by atoms with Gasteiger partial charge in [-0.3, -0.25) is 4.79 Å². The molecule has 0 saturated carbocycles. The molecule has 0 aliphatic heterocycles. The maximum absolute atomic E-state index is 14.4. The summed E-state index contributed by atoms with van der Waals surface area (Å²) in [5.41, 5.74) is -1.51. The number of nitrogens with zero attached hydrogens (tertiary/aromatic N) is 3. The number of halogens is 2. The van der Waals surface area contributed by atoms with Crippen LogP contribution in [-0.2, 0) is 12.1 Å². The predicted octanol–water partition coefficient (Wildman–Crippen LogP) is 1.94. The van der Waals surface area contributed by atoms with E-state index in [1.807, 2.05) is 0 Å². The molecule has 25 heavy (non-hydrogen) atoms. The third-order valence-electron chi connectivity index (χ3n) is 4.29. The second-order valence-corrected chi connectivity index (χ2v) is 5.85. The molecule has 2 heterocycles. The molecule has 3 rings (SSSR count). The van der Waals surface area contributed by atoms with Gasteiger partial charge in [0.1, 0.15) is 29.9 Å². The fourth-order valence-electron chi connectivity index (χ4n) is 2.82. The highest BCUT2D eigenvalue weighted by molar-refractivity contribution is 5.31. The van der Waals surface area contributed by atoms with Crippen molar-refractivity contribution >= 4 is 0 Å². The fourth-order valence-corrected chi connectivity index (χ4v) is 2.82. The number of aromatic nitrogens is 4. The lowest BCUT2D eigenvalue weighted by Crippen LogP contribution is -2.38. The van der Waals surface area contributed by atoms with E-state index in [1.54, 1.807) is 13.0 Å². The van der Waals surface area contributed by atoms with Crippen molar-refractivity contribution in [3.05, 3.63) is 82.3 Å². The van der Waals surface area contributed by atoms with Crippen LogP contribution in [0.15, 0.2) is 54.0 Å². The van der Waals surface area contributed by atoms with E-state index in [0.717, 1.165) is 12.1 Å². The van der Waals surface area contributed by atoms with Gasteiger partial charge in [-0.25, -0.2) is 18.4 Å². The maximum Gasteiger partial charge on any atom is 0.247 e. The minimum absolute atomic E-state index is 0.0666. The highest BCUT2D eigenvalue weighted by Crippen LogP contribution is 2.39. The molecule has 0 radical (unpaired) electrons. The Morgan fingerprint density at radius 1 is 1.32 bits per heavy atom. The van der Waals surface area contributed by atoms with Gasteiger partial charge in [0, 0.05) is 29.8 Å². The second kappa shape index (κ2) is 6.56. The average Bonchev–Trinajstić information content (AvgIpc) is 3.07. The molecule has 8 heteroatoms. The van der Waals surface area contributed by atoms with Crippen LogP contribution in [0.4, 0.5) is 8.78 Å². The Balaban J connectivity index is 2.10. The number of nitrogens with one attached hydrogen (secondary N) is 1. The SMILES string of the molecule is CC(c1ccc(=O)[nH]c1)C(O)(Cn1cncn1)c1ccc(F)cc1F. The van der Waals surface area contributed by atoms with Crippen LogP contribution in [0, 0.1) is 11.6 Å². The van der Waals surface area contributed by atoms with Crippen LogP contribution in [0.25, 0.3) is 0 Å². The molecule has 2 N–H and O–H groups in total. The Labute approximate surface area is 141 Å². The summed E-state index contributed by atoms with van der Waals surface area (Å²) in [5.74, 6) is -2.23. The minimum atomic E-state index is -1.75. The van der Waals surface area contributed by atoms with Gasteiger partial charge < -0.3 is 10.1 Å². The summed E-state index contributed by atoms with van der Waals surface area (Å²) in [6.45, 7) is 1.59. The second-order valence-electron chi connectivity index (χ2n) is 5.85. The summed E-state index contributed by atoms with van der Waals surface area (Å²) >= 11 is 0. The van der Waals surface area contributed by atoms with E-state index in [9.17, 15) is 18.7 Å². The number of aromatic amines is 1. The number of pyridine rings is 1. The quantitative estimate of drug-likeness (QED) is 0.739.